The first-order valence-electron chi connectivity index (χ1n) is 10.8. The Hall–Kier alpha value is -2.83. The number of allylic oxidation sites excluding steroid dienone is 1. The Morgan fingerprint density at radius 3 is 2.25 bits per heavy atom. The average Bonchev–Trinajstić information content (AvgIpc) is 2.76. The van der Waals surface area contributed by atoms with Crippen LogP contribution in [-0.4, -0.2) is 12.6 Å². The van der Waals surface area contributed by atoms with Crippen molar-refractivity contribution in [1.29, 1.82) is 0 Å². The molecule has 2 aromatic rings. The zero-order chi connectivity index (χ0) is 23.1. The fourth-order valence-electron chi connectivity index (χ4n) is 4.02. The Morgan fingerprint density at radius 2 is 1.69 bits per heavy atom. The molecule has 7 heteroatoms. The minimum Gasteiger partial charge on any atom is -0.429 e. The van der Waals surface area contributed by atoms with Gasteiger partial charge in [0.1, 0.15) is 5.75 Å². The maximum Gasteiger partial charge on any atom is 0.387 e. The first-order chi connectivity index (χ1) is 15.4. The number of carbonyl (C=O) groups is 1. The minimum absolute atomic E-state index is 0.191. The third kappa shape index (κ3) is 6.58. The Kier molecular flexibility index (Phi) is 8.31. The summed E-state index contributed by atoms with van der Waals surface area (Å²) in [5.41, 5.74) is 1.12. The summed E-state index contributed by atoms with van der Waals surface area (Å²) in [5, 5.41) is 0. The van der Waals surface area contributed by atoms with Crippen molar-refractivity contribution in [1.82, 2.24) is 0 Å². The van der Waals surface area contributed by atoms with Gasteiger partial charge in [-0.1, -0.05) is 44.1 Å². The predicted molar refractivity (Wildman–Crippen MR) is 114 cm³/mol. The van der Waals surface area contributed by atoms with Crippen LogP contribution in [0.2, 0.25) is 0 Å². The van der Waals surface area contributed by atoms with E-state index in [2.05, 4.69) is 17.7 Å². The van der Waals surface area contributed by atoms with E-state index in [0.29, 0.717) is 18.1 Å². The number of rotatable bonds is 8. The smallest absolute Gasteiger partial charge is 0.387 e. The molecule has 172 valence electrons. The van der Waals surface area contributed by atoms with Crippen molar-refractivity contribution in [3.63, 3.8) is 0 Å². The minimum atomic E-state index is -3.38. The largest absolute Gasteiger partial charge is 0.429 e. The van der Waals surface area contributed by atoms with Crippen LogP contribution in [0.5, 0.6) is 11.5 Å². The standard InChI is InChI=1S/C25H26F4O3/c1-2-3-16-4-6-17(7-5-16)8-9-18-10-12-19(13-11-18)24(30)31-20-14-21(26)23(22(27)15-20)32-25(28)29/h8-17,25H,2-7H2,1H3/b9-8+. The quantitative estimate of drug-likeness (QED) is 0.239. The van der Waals surface area contributed by atoms with Crippen LogP contribution in [0, 0.1) is 23.5 Å². The van der Waals surface area contributed by atoms with Crippen molar-refractivity contribution in [3.8, 4) is 11.5 Å². The Balaban J connectivity index is 1.57. The molecule has 0 aliphatic heterocycles. The lowest BCUT2D eigenvalue weighted by molar-refractivity contribution is -0.0547. The highest BCUT2D eigenvalue weighted by Crippen LogP contribution is 2.32. The van der Waals surface area contributed by atoms with Gasteiger partial charge in [-0.3, -0.25) is 0 Å². The number of hydrogen-bond donors (Lipinski definition) is 0. The maximum atomic E-state index is 13.8. The van der Waals surface area contributed by atoms with E-state index in [1.54, 1.807) is 24.3 Å². The third-order valence-corrected chi connectivity index (χ3v) is 5.68. The van der Waals surface area contributed by atoms with Crippen LogP contribution in [0.1, 0.15) is 61.4 Å². The molecule has 1 aliphatic carbocycles. The lowest BCUT2D eigenvalue weighted by Gasteiger charge is -2.26. The van der Waals surface area contributed by atoms with Gasteiger partial charge in [-0.2, -0.15) is 8.78 Å². The molecule has 1 saturated carbocycles. The highest BCUT2D eigenvalue weighted by atomic mass is 19.3. The van der Waals surface area contributed by atoms with E-state index < -0.39 is 35.7 Å². The third-order valence-electron chi connectivity index (χ3n) is 5.68. The fraction of sp³-hybridized carbons (Fsp3) is 0.400. The Bertz CT molecular complexity index is 910. The van der Waals surface area contributed by atoms with E-state index in [4.69, 9.17) is 4.74 Å². The number of benzene rings is 2. The molecule has 32 heavy (non-hydrogen) atoms. The maximum absolute atomic E-state index is 13.8. The summed E-state index contributed by atoms with van der Waals surface area (Å²) >= 11 is 0. The van der Waals surface area contributed by atoms with Gasteiger partial charge in [-0.05, 0) is 55.2 Å². The van der Waals surface area contributed by atoms with Crippen LogP contribution >= 0.6 is 0 Å². The van der Waals surface area contributed by atoms with Crippen molar-refractivity contribution >= 4 is 12.0 Å². The molecule has 0 spiro atoms. The van der Waals surface area contributed by atoms with Gasteiger partial charge in [0.15, 0.2) is 17.4 Å². The molecule has 2 aromatic carbocycles. The van der Waals surface area contributed by atoms with Gasteiger partial charge in [0.25, 0.3) is 0 Å². The summed E-state index contributed by atoms with van der Waals surface area (Å²) in [5.74, 6) is -3.87. The molecule has 0 amide bonds. The first kappa shape index (κ1) is 23.8. The molecular formula is C25H26F4O3. The van der Waals surface area contributed by atoms with E-state index in [9.17, 15) is 22.4 Å². The van der Waals surface area contributed by atoms with E-state index in [0.717, 1.165) is 11.5 Å². The van der Waals surface area contributed by atoms with Gasteiger partial charge >= 0.3 is 12.6 Å². The van der Waals surface area contributed by atoms with Gasteiger partial charge in [-0.25, -0.2) is 13.6 Å². The molecule has 0 heterocycles. The van der Waals surface area contributed by atoms with Gasteiger partial charge in [0.05, 0.1) is 5.56 Å². The SMILES string of the molecule is CCCC1CCC(/C=C/c2ccc(C(=O)Oc3cc(F)c(OC(F)F)c(F)c3)cc2)CC1. The van der Waals surface area contributed by atoms with Gasteiger partial charge in [0.2, 0.25) is 0 Å². The van der Waals surface area contributed by atoms with Gasteiger partial charge in [0, 0.05) is 12.1 Å². The van der Waals surface area contributed by atoms with Crippen LogP contribution in [-0.2, 0) is 0 Å². The summed E-state index contributed by atoms with van der Waals surface area (Å²) in [6, 6.07) is 7.87. The van der Waals surface area contributed by atoms with E-state index in [1.165, 1.54) is 38.5 Å². The normalized spacial score (nSPS) is 18.8. The predicted octanol–water partition coefficient (Wildman–Crippen LogP) is 7.41. The summed E-state index contributed by atoms with van der Waals surface area (Å²) in [6.45, 7) is -1.15. The van der Waals surface area contributed by atoms with E-state index in [1.807, 2.05) is 6.08 Å². The molecule has 0 aromatic heterocycles. The molecule has 0 unspecified atom stereocenters. The van der Waals surface area contributed by atoms with Crippen molar-refractivity contribution < 1.29 is 31.8 Å². The van der Waals surface area contributed by atoms with Gasteiger partial charge < -0.3 is 9.47 Å². The summed E-state index contributed by atoms with van der Waals surface area (Å²) < 4.78 is 60.7. The van der Waals surface area contributed by atoms with Gasteiger partial charge in [-0.15, -0.1) is 0 Å². The summed E-state index contributed by atoms with van der Waals surface area (Å²) in [7, 11) is 0. The summed E-state index contributed by atoms with van der Waals surface area (Å²) in [4.78, 5) is 12.3. The second kappa shape index (κ2) is 11.2. The van der Waals surface area contributed by atoms with Crippen LogP contribution < -0.4 is 9.47 Å². The lowest BCUT2D eigenvalue weighted by Crippen LogP contribution is -2.12. The van der Waals surface area contributed by atoms with Crippen molar-refractivity contribution in [2.45, 2.75) is 52.1 Å². The second-order valence-electron chi connectivity index (χ2n) is 8.03. The molecule has 1 fully saturated rings. The summed E-state index contributed by atoms with van der Waals surface area (Å²) in [6.07, 6.45) is 11.7. The topological polar surface area (TPSA) is 35.5 Å². The molecule has 0 radical (unpaired) electrons. The molecule has 3 rings (SSSR count). The molecule has 0 bridgehead atoms. The van der Waals surface area contributed by atoms with Crippen LogP contribution in [0.4, 0.5) is 17.6 Å². The Labute approximate surface area is 185 Å². The van der Waals surface area contributed by atoms with Crippen molar-refractivity contribution in [2.24, 2.45) is 11.8 Å². The fourth-order valence-corrected chi connectivity index (χ4v) is 4.02. The highest BCUT2D eigenvalue weighted by molar-refractivity contribution is 5.91. The monoisotopic (exact) mass is 450 g/mol. The number of carbonyl (C=O) groups excluding carboxylic acids is 1. The molecule has 0 saturated heterocycles. The van der Waals surface area contributed by atoms with Crippen molar-refractivity contribution in [2.75, 3.05) is 0 Å². The number of ether oxygens (including phenoxy) is 2. The molecular weight excluding hydrogens is 424 g/mol. The van der Waals surface area contributed by atoms with E-state index in [-0.39, 0.29) is 5.56 Å². The average molecular weight is 450 g/mol. The molecule has 1 aliphatic rings. The number of hydrogen-bond acceptors (Lipinski definition) is 3. The zero-order valence-electron chi connectivity index (χ0n) is 17.8. The molecule has 0 atom stereocenters. The number of esters is 1. The number of alkyl halides is 2. The highest BCUT2D eigenvalue weighted by Gasteiger charge is 2.20. The van der Waals surface area contributed by atoms with Crippen LogP contribution in [0.25, 0.3) is 6.08 Å². The Morgan fingerprint density at radius 1 is 1.06 bits per heavy atom. The molecule has 3 nitrogen and oxygen atoms in total. The van der Waals surface area contributed by atoms with Crippen molar-refractivity contribution in [3.05, 3.63) is 65.2 Å². The zero-order valence-corrected chi connectivity index (χ0v) is 17.8. The van der Waals surface area contributed by atoms with Crippen LogP contribution in [0.15, 0.2) is 42.5 Å². The molecule has 0 N–H and O–H groups in total. The van der Waals surface area contributed by atoms with E-state index >= 15 is 0 Å². The number of halogens is 4. The lowest BCUT2D eigenvalue weighted by atomic mass is 9.80. The second-order valence-corrected chi connectivity index (χ2v) is 8.03. The van der Waals surface area contributed by atoms with Crippen LogP contribution in [0.3, 0.4) is 0 Å². The first-order valence-corrected chi connectivity index (χ1v) is 10.8.